The second-order valence-electron chi connectivity index (χ2n) is 6.15. The first-order valence-corrected chi connectivity index (χ1v) is 9.08. The molecule has 0 saturated carbocycles. The Balaban J connectivity index is 1.75. The van der Waals surface area contributed by atoms with E-state index in [1.54, 1.807) is 30.1 Å². The number of hydrogen-bond acceptors (Lipinski definition) is 6. The van der Waals surface area contributed by atoms with Gasteiger partial charge in [-0.15, -0.1) is 11.3 Å². The second kappa shape index (κ2) is 5.80. The average Bonchev–Trinajstić information content (AvgIpc) is 3.25. The largest absolute Gasteiger partial charge is 0.361 e. The molecule has 0 aromatic carbocycles. The molecular formula is C17H19N5O2S. The number of anilines is 1. The first kappa shape index (κ1) is 16.0. The van der Waals surface area contributed by atoms with Gasteiger partial charge in [-0.05, 0) is 33.6 Å². The molecule has 0 unspecified atom stereocenters. The summed E-state index contributed by atoms with van der Waals surface area (Å²) in [5.41, 5.74) is 4.37. The van der Waals surface area contributed by atoms with Crippen molar-refractivity contribution in [1.29, 1.82) is 0 Å². The van der Waals surface area contributed by atoms with E-state index >= 15 is 0 Å². The highest BCUT2D eigenvalue weighted by molar-refractivity contribution is 7.16. The molecule has 25 heavy (non-hydrogen) atoms. The smallest absolute Gasteiger partial charge is 0.265 e. The van der Waals surface area contributed by atoms with E-state index in [-0.39, 0.29) is 5.91 Å². The van der Waals surface area contributed by atoms with Crippen molar-refractivity contribution in [1.82, 2.24) is 19.9 Å². The molecule has 7 nitrogen and oxygen atoms in total. The van der Waals surface area contributed by atoms with Gasteiger partial charge in [-0.25, -0.2) is 4.98 Å². The van der Waals surface area contributed by atoms with Crippen LogP contribution in [0.15, 0.2) is 10.7 Å². The predicted octanol–water partition coefficient (Wildman–Crippen LogP) is 2.91. The monoisotopic (exact) mass is 357 g/mol. The fourth-order valence-corrected chi connectivity index (χ4v) is 4.45. The molecule has 3 aromatic rings. The number of carbonyl (C=O) groups excluding carboxylic acids is 1. The van der Waals surface area contributed by atoms with Crippen molar-refractivity contribution >= 4 is 22.4 Å². The Bertz CT molecular complexity index is 949. The third-order valence-electron chi connectivity index (χ3n) is 4.63. The van der Waals surface area contributed by atoms with Crippen LogP contribution in [0.4, 0.5) is 5.13 Å². The van der Waals surface area contributed by atoms with Gasteiger partial charge in [-0.1, -0.05) is 5.16 Å². The Morgan fingerprint density at radius 1 is 1.40 bits per heavy atom. The number of carbonyl (C=O) groups is 1. The minimum Gasteiger partial charge on any atom is -0.361 e. The van der Waals surface area contributed by atoms with Crippen LogP contribution in [0.25, 0.3) is 11.3 Å². The molecule has 3 aromatic heterocycles. The van der Waals surface area contributed by atoms with Crippen LogP contribution in [0.5, 0.6) is 0 Å². The van der Waals surface area contributed by atoms with Gasteiger partial charge in [0.1, 0.15) is 11.3 Å². The van der Waals surface area contributed by atoms with Crippen molar-refractivity contribution in [2.75, 3.05) is 11.4 Å². The van der Waals surface area contributed by atoms with Crippen LogP contribution < -0.4 is 4.90 Å². The van der Waals surface area contributed by atoms with Gasteiger partial charge in [0.2, 0.25) is 0 Å². The zero-order valence-corrected chi connectivity index (χ0v) is 15.5. The van der Waals surface area contributed by atoms with Crippen molar-refractivity contribution in [3.8, 4) is 11.3 Å². The maximum Gasteiger partial charge on any atom is 0.265 e. The highest BCUT2D eigenvalue weighted by atomic mass is 32.1. The van der Waals surface area contributed by atoms with Crippen LogP contribution >= 0.6 is 11.3 Å². The van der Waals surface area contributed by atoms with Crippen LogP contribution in [0, 0.1) is 13.8 Å². The number of fused-ring (bicyclic) bond motifs is 3. The Labute approximate surface area is 149 Å². The highest BCUT2D eigenvalue weighted by Crippen LogP contribution is 2.39. The molecular weight excluding hydrogens is 338 g/mol. The zero-order chi connectivity index (χ0) is 17.7. The molecule has 0 saturated heterocycles. The lowest BCUT2D eigenvalue weighted by atomic mass is 10.0. The van der Waals surface area contributed by atoms with Crippen molar-refractivity contribution in [2.45, 2.75) is 33.6 Å². The Morgan fingerprint density at radius 2 is 2.20 bits per heavy atom. The molecule has 0 fully saturated rings. The fraction of sp³-hybridized carbons (Fsp3) is 0.412. The second-order valence-corrected chi connectivity index (χ2v) is 7.21. The molecule has 1 aliphatic carbocycles. The molecule has 130 valence electrons. The summed E-state index contributed by atoms with van der Waals surface area (Å²) in [5, 5.41) is 8.96. The topological polar surface area (TPSA) is 77.1 Å². The number of hydrogen-bond donors (Lipinski definition) is 0. The summed E-state index contributed by atoms with van der Waals surface area (Å²) in [6, 6.07) is 0. The van der Waals surface area contributed by atoms with Crippen LogP contribution in [0.3, 0.4) is 0 Å². The molecule has 0 spiro atoms. The third-order valence-corrected chi connectivity index (χ3v) is 5.77. The zero-order valence-electron chi connectivity index (χ0n) is 14.7. The van der Waals surface area contributed by atoms with Crippen LogP contribution in [0.2, 0.25) is 0 Å². The van der Waals surface area contributed by atoms with Crippen molar-refractivity contribution < 1.29 is 9.32 Å². The van der Waals surface area contributed by atoms with E-state index in [4.69, 9.17) is 9.51 Å². The van der Waals surface area contributed by atoms with E-state index in [9.17, 15) is 4.79 Å². The molecule has 1 amide bonds. The number of amides is 1. The van der Waals surface area contributed by atoms with E-state index in [0.29, 0.717) is 28.7 Å². The third kappa shape index (κ3) is 2.39. The van der Waals surface area contributed by atoms with Gasteiger partial charge in [-0.2, -0.15) is 5.10 Å². The summed E-state index contributed by atoms with van der Waals surface area (Å²) >= 11 is 1.58. The van der Waals surface area contributed by atoms with Gasteiger partial charge in [0.25, 0.3) is 5.91 Å². The van der Waals surface area contributed by atoms with Crippen molar-refractivity contribution in [3.05, 3.63) is 33.8 Å². The number of nitrogens with zero attached hydrogens (tertiary/aromatic N) is 5. The highest BCUT2D eigenvalue weighted by Gasteiger charge is 2.29. The van der Waals surface area contributed by atoms with E-state index in [2.05, 4.69) is 10.3 Å². The summed E-state index contributed by atoms with van der Waals surface area (Å²) in [5.74, 6) is 0.424. The summed E-state index contributed by atoms with van der Waals surface area (Å²) in [6.45, 7) is 6.03. The lowest BCUT2D eigenvalue weighted by molar-refractivity contribution is 0.0986. The van der Waals surface area contributed by atoms with E-state index in [1.807, 2.05) is 24.9 Å². The van der Waals surface area contributed by atoms with Crippen LogP contribution in [-0.4, -0.2) is 32.4 Å². The molecule has 0 bridgehead atoms. The van der Waals surface area contributed by atoms with Gasteiger partial charge in [-0.3, -0.25) is 14.4 Å². The van der Waals surface area contributed by atoms with Gasteiger partial charge < -0.3 is 4.52 Å². The molecule has 1 aliphatic rings. The molecule has 8 heteroatoms. The van der Waals surface area contributed by atoms with Gasteiger partial charge >= 0.3 is 0 Å². The lowest BCUT2D eigenvalue weighted by Gasteiger charge is -2.17. The maximum absolute atomic E-state index is 13.0. The number of rotatable bonds is 3. The molecule has 0 aliphatic heterocycles. The number of aromatic nitrogens is 4. The van der Waals surface area contributed by atoms with E-state index in [1.165, 1.54) is 10.6 Å². The normalized spacial score (nSPS) is 12.8. The first-order chi connectivity index (χ1) is 12.0. The van der Waals surface area contributed by atoms with Gasteiger partial charge in [0, 0.05) is 29.7 Å². The molecule has 0 atom stereocenters. The average molecular weight is 357 g/mol. The fourth-order valence-electron chi connectivity index (χ4n) is 3.31. The Kier molecular flexibility index (Phi) is 3.72. The summed E-state index contributed by atoms with van der Waals surface area (Å²) in [7, 11) is 1.95. The molecule has 3 heterocycles. The lowest BCUT2D eigenvalue weighted by Crippen LogP contribution is -2.31. The standard InChI is InChI=1S/C17H19N5O2S/c1-5-22(16(23)14-9(2)20-24-10(14)3)17-19-15-11-8-18-21(4)12(11)6-7-13(15)25-17/h8H,5-7H2,1-4H3. The first-order valence-electron chi connectivity index (χ1n) is 8.27. The minimum absolute atomic E-state index is 0.115. The SMILES string of the molecule is CCN(C(=O)c1c(C)noc1C)c1nc2c(s1)CCc1c-2cnn1C. The number of aryl methyl sites for hydroxylation is 4. The number of thiazole rings is 1. The Morgan fingerprint density at radius 3 is 2.88 bits per heavy atom. The van der Waals surface area contributed by atoms with Crippen LogP contribution in [0.1, 0.15) is 39.3 Å². The van der Waals surface area contributed by atoms with Gasteiger partial charge in [0.05, 0.1) is 17.6 Å². The van der Waals surface area contributed by atoms with E-state index in [0.717, 1.165) is 24.1 Å². The van der Waals surface area contributed by atoms with Crippen LogP contribution in [-0.2, 0) is 19.9 Å². The molecule has 4 rings (SSSR count). The molecule has 0 N–H and O–H groups in total. The Hall–Kier alpha value is -2.48. The minimum atomic E-state index is -0.115. The summed E-state index contributed by atoms with van der Waals surface area (Å²) < 4.78 is 7.06. The predicted molar refractivity (Wildman–Crippen MR) is 95.1 cm³/mol. The van der Waals surface area contributed by atoms with Crippen molar-refractivity contribution in [3.63, 3.8) is 0 Å². The van der Waals surface area contributed by atoms with Gasteiger partial charge in [0.15, 0.2) is 5.13 Å². The summed E-state index contributed by atoms with van der Waals surface area (Å²) in [4.78, 5) is 20.7. The van der Waals surface area contributed by atoms with E-state index < -0.39 is 0 Å². The maximum atomic E-state index is 13.0. The summed E-state index contributed by atoms with van der Waals surface area (Å²) in [6.07, 6.45) is 3.74. The quantitative estimate of drug-likeness (QED) is 0.720. The molecule has 0 radical (unpaired) electrons. The van der Waals surface area contributed by atoms with Crippen molar-refractivity contribution in [2.24, 2.45) is 7.05 Å².